The second-order valence-corrected chi connectivity index (χ2v) is 13.4. The summed E-state index contributed by atoms with van der Waals surface area (Å²) < 4.78 is 13.4. The SMILES string of the molecule is C=C(CC)c1ccc(CCN(CCC(C)(C)CCc2ccc(-c3ccc(F)cc3)cc2C)C2CCCc3ncccc32)cc1. The lowest BCUT2D eigenvalue weighted by molar-refractivity contribution is 0.148. The number of fused-ring (bicyclic) bond motifs is 1. The van der Waals surface area contributed by atoms with Gasteiger partial charge in [-0.15, -0.1) is 0 Å². The molecule has 0 fully saturated rings. The molecule has 4 aromatic rings. The van der Waals surface area contributed by atoms with Crippen molar-refractivity contribution in [2.24, 2.45) is 5.41 Å². The Labute approximate surface area is 265 Å². The van der Waals surface area contributed by atoms with Crippen molar-refractivity contribution in [2.75, 3.05) is 13.1 Å². The predicted molar refractivity (Wildman–Crippen MR) is 184 cm³/mol. The number of halogens is 1. The van der Waals surface area contributed by atoms with Crippen LogP contribution in [0.15, 0.2) is 91.6 Å². The highest BCUT2D eigenvalue weighted by Crippen LogP contribution is 2.36. The molecule has 3 heteroatoms. The summed E-state index contributed by atoms with van der Waals surface area (Å²) in [5.74, 6) is -0.195. The molecular formula is C41H49FN2. The molecule has 1 atom stereocenters. The normalized spacial score (nSPS) is 14.9. The van der Waals surface area contributed by atoms with E-state index < -0.39 is 0 Å². The number of allylic oxidation sites excluding steroid dienone is 1. The van der Waals surface area contributed by atoms with E-state index in [9.17, 15) is 4.39 Å². The summed E-state index contributed by atoms with van der Waals surface area (Å²) in [5, 5.41) is 0. The summed E-state index contributed by atoms with van der Waals surface area (Å²) in [6.45, 7) is 15.6. The predicted octanol–water partition coefficient (Wildman–Crippen LogP) is 10.6. The molecule has 0 amide bonds. The minimum atomic E-state index is -0.195. The summed E-state index contributed by atoms with van der Waals surface area (Å²) in [6.07, 6.45) is 10.8. The van der Waals surface area contributed by atoms with Gasteiger partial charge in [-0.1, -0.05) is 88.0 Å². The molecular weight excluding hydrogens is 539 g/mol. The van der Waals surface area contributed by atoms with Crippen molar-refractivity contribution in [1.82, 2.24) is 9.88 Å². The van der Waals surface area contributed by atoms with Gasteiger partial charge in [-0.3, -0.25) is 9.88 Å². The Morgan fingerprint density at radius 1 is 0.932 bits per heavy atom. The Kier molecular flexibility index (Phi) is 10.5. The van der Waals surface area contributed by atoms with E-state index in [2.05, 4.69) is 93.8 Å². The van der Waals surface area contributed by atoms with Crippen molar-refractivity contribution in [1.29, 1.82) is 0 Å². The summed E-state index contributed by atoms with van der Waals surface area (Å²) >= 11 is 0. The number of hydrogen-bond donors (Lipinski definition) is 0. The maximum absolute atomic E-state index is 13.4. The van der Waals surface area contributed by atoms with Gasteiger partial charge in [-0.25, -0.2) is 4.39 Å². The molecule has 0 N–H and O–H groups in total. The molecule has 0 saturated carbocycles. The number of hydrogen-bond acceptors (Lipinski definition) is 2. The largest absolute Gasteiger partial charge is 0.296 e. The molecule has 1 unspecified atom stereocenters. The first-order valence-electron chi connectivity index (χ1n) is 16.5. The Bertz CT molecular complexity index is 1530. The Hall–Kier alpha value is -3.56. The fourth-order valence-corrected chi connectivity index (χ4v) is 6.61. The number of aromatic nitrogens is 1. The van der Waals surface area contributed by atoms with Gasteiger partial charge in [0.05, 0.1) is 0 Å². The number of rotatable bonds is 13. The van der Waals surface area contributed by atoms with E-state index in [1.165, 1.54) is 64.1 Å². The monoisotopic (exact) mass is 588 g/mol. The fraction of sp³-hybridized carbons (Fsp3) is 0.390. The van der Waals surface area contributed by atoms with Crippen LogP contribution < -0.4 is 0 Å². The van der Waals surface area contributed by atoms with Crippen molar-refractivity contribution in [3.63, 3.8) is 0 Å². The smallest absolute Gasteiger partial charge is 0.123 e. The average Bonchev–Trinajstić information content (AvgIpc) is 3.04. The summed E-state index contributed by atoms with van der Waals surface area (Å²) in [5.41, 5.74) is 11.7. The first-order valence-corrected chi connectivity index (χ1v) is 16.5. The van der Waals surface area contributed by atoms with E-state index >= 15 is 0 Å². The van der Waals surface area contributed by atoms with Crippen LogP contribution in [0.1, 0.15) is 92.4 Å². The summed E-state index contributed by atoms with van der Waals surface area (Å²) in [6, 6.07) is 27.4. The second-order valence-electron chi connectivity index (χ2n) is 13.4. The van der Waals surface area contributed by atoms with Crippen LogP contribution in [0, 0.1) is 18.2 Å². The van der Waals surface area contributed by atoms with E-state index in [0.717, 1.165) is 62.7 Å². The van der Waals surface area contributed by atoms with E-state index in [4.69, 9.17) is 4.98 Å². The lowest BCUT2D eigenvalue weighted by Gasteiger charge is -2.37. The average molecular weight is 589 g/mol. The lowest BCUT2D eigenvalue weighted by Crippen LogP contribution is -2.36. The molecule has 2 nitrogen and oxygen atoms in total. The molecule has 1 heterocycles. The number of benzene rings is 3. The molecule has 0 saturated heterocycles. The van der Waals surface area contributed by atoms with Crippen LogP contribution in [0.4, 0.5) is 4.39 Å². The highest BCUT2D eigenvalue weighted by atomic mass is 19.1. The van der Waals surface area contributed by atoms with Crippen LogP contribution in [-0.4, -0.2) is 23.0 Å². The zero-order valence-corrected chi connectivity index (χ0v) is 27.2. The minimum absolute atomic E-state index is 0.195. The van der Waals surface area contributed by atoms with Gasteiger partial charge in [0.1, 0.15) is 5.82 Å². The molecule has 1 aliphatic rings. The Morgan fingerprint density at radius 3 is 2.41 bits per heavy atom. The van der Waals surface area contributed by atoms with Gasteiger partial charge in [0, 0.05) is 24.5 Å². The van der Waals surface area contributed by atoms with Crippen LogP contribution in [0.2, 0.25) is 0 Å². The zero-order valence-electron chi connectivity index (χ0n) is 27.2. The van der Waals surface area contributed by atoms with E-state index in [0.29, 0.717) is 6.04 Å². The first kappa shape index (κ1) is 31.9. The van der Waals surface area contributed by atoms with Crippen LogP contribution in [0.5, 0.6) is 0 Å². The minimum Gasteiger partial charge on any atom is -0.296 e. The van der Waals surface area contributed by atoms with Crippen molar-refractivity contribution in [3.05, 3.63) is 131 Å². The maximum Gasteiger partial charge on any atom is 0.123 e. The maximum atomic E-state index is 13.4. The summed E-state index contributed by atoms with van der Waals surface area (Å²) in [4.78, 5) is 7.52. The van der Waals surface area contributed by atoms with Crippen LogP contribution in [0.25, 0.3) is 16.7 Å². The van der Waals surface area contributed by atoms with E-state index in [1.54, 1.807) is 0 Å². The Morgan fingerprint density at radius 2 is 1.68 bits per heavy atom. The van der Waals surface area contributed by atoms with Crippen molar-refractivity contribution < 1.29 is 4.39 Å². The number of nitrogens with zero attached hydrogens (tertiary/aromatic N) is 2. The second kappa shape index (κ2) is 14.5. The van der Waals surface area contributed by atoms with Gasteiger partial charge in [-0.2, -0.15) is 0 Å². The molecule has 44 heavy (non-hydrogen) atoms. The lowest BCUT2D eigenvalue weighted by atomic mass is 9.81. The van der Waals surface area contributed by atoms with Crippen molar-refractivity contribution >= 4 is 5.57 Å². The van der Waals surface area contributed by atoms with Crippen LogP contribution >= 0.6 is 0 Å². The van der Waals surface area contributed by atoms with Gasteiger partial charge in [0.2, 0.25) is 0 Å². The number of pyridine rings is 1. The molecule has 0 spiro atoms. The molecule has 3 aromatic carbocycles. The number of aryl methyl sites for hydroxylation is 3. The fourth-order valence-electron chi connectivity index (χ4n) is 6.61. The first-order chi connectivity index (χ1) is 21.2. The quantitative estimate of drug-likeness (QED) is 0.154. The summed E-state index contributed by atoms with van der Waals surface area (Å²) in [7, 11) is 0. The third-order valence-electron chi connectivity index (χ3n) is 9.76. The van der Waals surface area contributed by atoms with Gasteiger partial charge in [0.15, 0.2) is 0 Å². The van der Waals surface area contributed by atoms with E-state index in [1.807, 2.05) is 18.3 Å². The standard InChI is InChI=1S/C41H49FN2/c1-6-30(2)33-14-12-32(13-15-33)23-27-44(40-11-7-10-39-38(40)9-8-26-43-39)28-25-41(4,5)24-22-34-16-17-36(29-31(34)3)35-18-20-37(42)21-19-35/h8-9,12-21,26,29,40H,2,6-7,10-11,22-25,27-28H2,1,3-5H3. The van der Waals surface area contributed by atoms with Gasteiger partial charge >= 0.3 is 0 Å². The highest BCUT2D eigenvalue weighted by Gasteiger charge is 2.28. The molecule has 1 aromatic heterocycles. The third-order valence-corrected chi connectivity index (χ3v) is 9.76. The molecule has 0 radical (unpaired) electrons. The van der Waals surface area contributed by atoms with Gasteiger partial charge < -0.3 is 0 Å². The van der Waals surface area contributed by atoms with Crippen molar-refractivity contribution in [3.8, 4) is 11.1 Å². The molecule has 230 valence electrons. The van der Waals surface area contributed by atoms with Crippen LogP contribution in [0.3, 0.4) is 0 Å². The highest BCUT2D eigenvalue weighted by molar-refractivity contribution is 5.65. The third kappa shape index (κ3) is 8.12. The van der Waals surface area contributed by atoms with Crippen molar-refractivity contribution in [2.45, 2.75) is 85.1 Å². The topological polar surface area (TPSA) is 16.1 Å². The van der Waals surface area contributed by atoms with Gasteiger partial charge in [-0.05, 0) is 133 Å². The van der Waals surface area contributed by atoms with E-state index in [-0.39, 0.29) is 11.2 Å². The van der Waals surface area contributed by atoms with Gasteiger partial charge in [0.25, 0.3) is 0 Å². The molecule has 0 bridgehead atoms. The molecule has 0 aliphatic heterocycles. The molecule has 5 rings (SSSR count). The molecule has 1 aliphatic carbocycles. The van der Waals surface area contributed by atoms with Crippen LogP contribution in [-0.2, 0) is 19.3 Å². The Balaban J connectivity index is 1.25. The zero-order chi connectivity index (χ0) is 31.1.